The second-order valence-electron chi connectivity index (χ2n) is 5.66. The summed E-state index contributed by atoms with van der Waals surface area (Å²) in [5.74, 6) is 0.234. The van der Waals surface area contributed by atoms with Crippen LogP contribution in [0.3, 0.4) is 0 Å². The van der Waals surface area contributed by atoms with Gasteiger partial charge in [-0.25, -0.2) is 0 Å². The maximum atomic E-state index is 12.1. The molecule has 1 saturated heterocycles. The maximum Gasteiger partial charge on any atom is 0.235 e. The summed E-state index contributed by atoms with van der Waals surface area (Å²) in [5.41, 5.74) is -0.0208. The van der Waals surface area contributed by atoms with Gasteiger partial charge in [-0.05, 0) is 17.7 Å². The van der Waals surface area contributed by atoms with E-state index in [4.69, 9.17) is 4.74 Å². The van der Waals surface area contributed by atoms with Gasteiger partial charge in [0.25, 0.3) is 0 Å². The molecule has 1 N–H and O–H groups in total. The Hall–Kier alpha value is -1.88. The highest BCUT2D eigenvalue weighted by molar-refractivity contribution is 6.05. The predicted molar refractivity (Wildman–Crippen MR) is 73.1 cm³/mol. The van der Waals surface area contributed by atoms with Gasteiger partial charge in [0.15, 0.2) is 0 Å². The van der Waals surface area contributed by atoms with E-state index < -0.39 is 11.5 Å². The molecule has 1 aliphatic rings. The lowest BCUT2D eigenvalue weighted by atomic mass is 9.92. The van der Waals surface area contributed by atoms with Crippen molar-refractivity contribution in [3.63, 3.8) is 0 Å². The molecule has 2 amide bonds. The first kappa shape index (κ1) is 14.5. The number of likely N-dealkylation sites (tertiary alicyclic amines) is 1. The molecule has 108 valence electrons. The molecule has 1 aromatic carbocycles. The van der Waals surface area contributed by atoms with Crippen molar-refractivity contribution in [1.29, 1.82) is 0 Å². The number of nitrogens with zero attached hydrogens (tertiary/aromatic N) is 1. The third-order valence-corrected chi connectivity index (χ3v) is 3.57. The number of amides is 2. The highest BCUT2D eigenvalue weighted by atomic mass is 16.5. The Morgan fingerprint density at radius 1 is 1.30 bits per heavy atom. The van der Waals surface area contributed by atoms with Crippen LogP contribution in [0.5, 0.6) is 5.75 Å². The Morgan fingerprint density at radius 3 is 2.35 bits per heavy atom. The predicted octanol–water partition coefficient (Wildman–Crippen LogP) is 1.51. The molecule has 5 nitrogen and oxygen atoms in total. The molecule has 1 heterocycles. The van der Waals surface area contributed by atoms with Crippen molar-refractivity contribution in [3.8, 4) is 5.75 Å². The van der Waals surface area contributed by atoms with E-state index in [-0.39, 0.29) is 24.8 Å². The summed E-state index contributed by atoms with van der Waals surface area (Å²) in [7, 11) is 1.56. The minimum atomic E-state index is -0.886. The van der Waals surface area contributed by atoms with E-state index in [1.807, 2.05) is 0 Å². The van der Waals surface area contributed by atoms with E-state index in [0.29, 0.717) is 11.3 Å². The van der Waals surface area contributed by atoms with Crippen molar-refractivity contribution >= 4 is 11.8 Å². The zero-order valence-corrected chi connectivity index (χ0v) is 11.9. The van der Waals surface area contributed by atoms with Crippen LogP contribution in [0.4, 0.5) is 0 Å². The van der Waals surface area contributed by atoms with E-state index in [1.165, 1.54) is 0 Å². The second kappa shape index (κ2) is 5.25. The van der Waals surface area contributed by atoms with Crippen molar-refractivity contribution in [1.82, 2.24) is 4.90 Å². The average molecular weight is 277 g/mol. The van der Waals surface area contributed by atoms with Gasteiger partial charge in [-0.1, -0.05) is 26.0 Å². The Bertz CT molecular complexity index is 521. The number of carbonyl (C=O) groups is 2. The number of benzene rings is 1. The summed E-state index contributed by atoms with van der Waals surface area (Å²) in [5, 5.41) is 10.2. The van der Waals surface area contributed by atoms with Gasteiger partial charge < -0.3 is 9.84 Å². The van der Waals surface area contributed by atoms with Crippen molar-refractivity contribution < 1.29 is 19.4 Å². The van der Waals surface area contributed by atoms with Crippen molar-refractivity contribution in [3.05, 3.63) is 29.8 Å². The van der Waals surface area contributed by atoms with E-state index in [0.717, 1.165) is 4.90 Å². The third kappa shape index (κ3) is 2.67. The van der Waals surface area contributed by atoms with Gasteiger partial charge in [0.1, 0.15) is 5.75 Å². The fourth-order valence-corrected chi connectivity index (χ4v) is 2.32. The van der Waals surface area contributed by atoms with Gasteiger partial charge in [-0.2, -0.15) is 0 Å². The first-order chi connectivity index (χ1) is 9.35. The normalized spacial score (nSPS) is 19.3. The number of aliphatic hydroxyl groups excluding tert-OH is 1. The molecule has 1 aromatic rings. The number of aliphatic hydroxyl groups is 1. The fourth-order valence-electron chi connectivity index (χ4n) is 2.32. The number of hydrogen-bond donors (Lipinski definition) is 1. The minimum Gasteiger partial charge on any atom is -0.497 e. The molecule has 1 aliphatic heterocycles. The minimum absolute atomic E-state index is 0.00652. The number of carbonyl (C=O) groups excluding carboxylic acids is 2. The van der Waals surface area contributed by atoms with Crippen LogP contribution in [0, 0.1) is 5.41 Å². The van der Waals surface area contributed by atoms with Crippen LogP contribution in [-0.4, -0.2) is 35.5 Å². The van der Waals surface area contributed by atoms with Gasteiger partial charge in [0.05, 0.1) is 25.2 Å². The standard InChI is InChI=1S/C15H19NO4/c1-15(2)8-13(18)16(14(15)19)9-12(17)10-4-6-11(20-3)7-5-10/h4-7,12,17H,8-9H2,1-3H3. The van der Waals surface area contributed by atoms with E-state index in [1.54, 1.807) is 45.2 Å². The zero-order valence-electron chi connectivity index (χ0n) is 11.9. The van der Waals surface area contributed by atoms with Crippen LogP contribution in [0.1, 0.15) is 31.9 Å². The molecule has 1 fully saturated rings. The fraction of sp³-hybridized carbons (Fsp3) is 0.467. The molecule has 1 unspecified atom stereocenters. The summed E-state index contributed by atoms with van der Waals surface area (Å²) in [6.45, 7) is 3.48. The highest BCUT2D eigenvalue weighted by Crippen LogP contribution is 2.32. The number of imide groups is 1. The van der Waals surface area contributed by atoms with Gasteiger partial charge in [0.2, 0.25) is 11.8 Å². The third-order valence-electron chi connectivity index (χ3n) is 3.57. The first-order valence-electron chi connectivity index (χ1n) is 6.52. The number of methoxy groups -OCH3 is 1. The molecule has 0 spiro atoms. The zero-order chi connectivity index (χ0) is 14.9. The molecule has 0 aliphatic carbocycles. The molecule has 0 aromatic heterocycles. The largest absolute Gasteiger partial charge is 0.497 e. The summed E-state index contributed by atoms with van der Waals surface area (Å²) in [6, 6.07) is 6.91. The Balaban J connectivity index is 2.09. The van der Waals surface area contributed by atoms with Crippen molar-refractivity contribution in [2.24, 2.45) is 5.41 Å². The lowest BCUT2D eigenvalue weighted by molar-refractivity contribution is -0.142. The number of rotatable bonds is 4. The van der Waals surface area contributed by atoms with E-state index in [9.17, 15) is 14.7 Å². The lowest BCUT2D eigenvalue weighted by Crippen LogP contribution is -2.36. The lowest BCUT2D eigenvalue weighted by Gasteiger charge is -2.21. The maximum absolute atomic E-state index is 12.1. The first-order valence-corrected chi connectivity index (χ1v) is 6.52. The highest BCUT2D eigenvalue weighted by Gasteiger charge is 2.45. The monoisotopic (exact) mass is 277 g/mol. The van der Waals surface area contributed by atoms with Gasteiger partial charge in [0, 0.05) is 6.42 Å². The molecule has 2 rings (SSSR count). The number of β-amino-alcohol motifs (C(OH)–C–C–N with tert-alkyl or cyclic N) is 1. The molecular weight excluding hydrogens is 258 g/mol. The van der Waals surface area contributed by atoms with Gasteiger partial charge >= 0.3 is 0 Å². The molecule has 5 heteroatoms. The topological polar surface area (TPSA) is 66.8 Å². The SMILES string of the molecule is COc1ccc(C(O)CN2C(=O)CC(C)(C)C2=O)cc1. The Morgan fingerprint density at radius 2 is 1.90 bits per heavy atom. The van der Waals surface area contributed by atoms with Crippen LogP contribution in [0.15, 0.2) is 24.3 Å². The molecule has 20 heavy (non-hydrogen) atoms. The van der Waals surface area contributed by atoms with Crippen molar-refractivity contribution in [2.45, 2.75) is 26.4 Å². The van der Waals surface area contributed by atoms with E-state index in [2.05, 4.69) is 0 Å². The summed E-state index contributed by atoms with van der Waals surface area (Å²) >= 11 is 0. The van der Waals surface area contributed by atoms with Crippen molar-refractivity contribution in [2.75, 3.05) is 13.7 Å². The van der Waals surface area contributed by atoms with Crippen LogP contribution in [0.2, 0.25) is 0 Å². The smallest absolute Gasteiger partial charge is 0.235 e. The van der Waals surface area contributed by atoms with Gasteiger partial charge in [-0.15, -0.1) is 0 Å². The summed E-state index contributed by atoms with van der Waals surface area (Å²) < 4.78 is 5.04. The quantitative estimate of drug-likeness (QED) is 0.847. The van der Waals surface area contributed by atoms with Crippen LogP contribution >= 0.6 is 0 Å². The number of hydrogen-bond acceptors (Lipinski definition) is 4. The summed E-state index contributed by atoms with van der Waals surface area (Å²) in [6.07, 6.45) is -0.691. The second-order valence-corrected chi connectivity index (χ2v) is 5.66. The summed E-state index contributed by atoms with van der Waals surface area (Å²) in [4.78, 5) is 25.1. The Labute approximate surface area is 118 Å². The van der Waals surface area contributed by atoms with Crippen LogP contribution in [0.25, 0.3) is 0 Å². The number of ether oxygens (including phenoxy) is 1. The molecule has 0 saturated carbocycles. The van der Waals surface area contributed by atoms with E-state index >= 15 is 0 Å². The average Bonchev–Trinajstić information content (AvgIpc) is 2.61. The molecule has 0 radical (unpaired) electrons. The molecule has 1 atom stereocenters. The van der Waals surface area contributed by atoms with Crippen LogP contribution in [-0.2, 0) is 9.59 Å². The van der Waals surface area contributed by atoms with Gasteiger partial charge in [-0.3, -0.25) is 14.5 Å². The molecular formula is C15H19NO4. The Kier molecular flexibility index (Phi) is 3.81. The van der Waals surface area contributed by atoms with Crippen LogP contribution < -0.4 is 4.74 Å². The molecule has 0 bridgehead atoms.